The number of carbonyl (C=O) groups excluding carboxylic acids is 2. The fourth-order valence-corrected chi connectivity index (χ4v) is 5.22. The molecule has 0 saturated heterocycles. The van der Waals surface area contributed by atoms with Crippen LogP contribution < -0.4 is 5.32 Å². The summed E-state index contributed by atoms with van der Waals surface area (Å²) in [6.07, 6.45) is 3.56. The summed E-state index contributed by atoms with van der Waals surface area (Å²) >= 11 is 1.63. The van der Waals surface area contributed by atoms with Crippen molar-refractivity contribution in [3.05, 3.63) is 45.0 Å². The molecule has 1 aliphatic heterocycles. The van der Waals surface area contributed by atoms with Gasteiger partial charge in [0.2, 0.25) is 5.91 Å². The maximum atomic E-state index is 12.8. The Balaban J connectivity index is 1.47. The van der Waals surface area contributed by atoms with E-state index in [0.29, 0.717) is 6.54 Å². The third-order valence-corrected chi connectivity index (χ3v) is 6.48. The molecule has 0 saturated carbocycles. The SMILES string of the molecule is Cc1cc2c(o1)CC(C)(C)CC2NC(=O)CN1CCCc2sccc2C1=O. The summed E-state index contributed by atoms with van der Waals surface area (Å²) in [6, 6.07) is 3.85. The number of rotatable bonds is 3. The molecule has 3 heterocycles. The van der Waals surface area contributed by atoms with Crippen LogP contribution in [0.25, 0.3) is 0 Å². The van der Waals surface area contributed by atoms with Crippen molar-refractivity contribution in [1.29, 1.82) is 0 Å². The summed E-state index contributed by atoms with van der Waals surface area (Å²) in [5, 5.41) is 5.12. The summed E-state index contributed by atoms with van der Waals surface area (Å²) in [7, 11) is 0. The zero-order valence-corrected chi connectivity index (χ0v) is 16.9. The van der Waals surface area contributed by atoms with Crippen molar-refractivity contribution in [2.75, 3.05) is 13.1 Å². The van der Waals surface area contributed by atoms with E-state index in [2.05, 4.69) is 19.2 Å². The average molecular weight is 387 g/mol. The first-order chi connectivity index (χ1) is 12.8. The molecule has 0 spiro atoms. The summed E-state index contributed by atoms with van der Waals surface area (Å²) in [4.78, 5) is 28.4. The van der Waals surface area contributed by atoms with E-state index in [9.17, 15) is 9.59 Å². The molecule has 0 aromatic carbocycles. The lowest BCUT2D eigenvalue weighted by molar-refractivity contribution is -0.122. The lowest BCUT2D eigenvalue weighted by Crippen LogP contribution is -2.43. The second kappa shape index (κ2) is 6.82. The standard InChI is InChI=1S/C21H26N2O3S/c1-13-9-15-16(10-21(2,3)11-17(15)26-13)22-19(24)12-23-7-4-5-18-14(20(23)25)6-8-27-18/h6,8-9,16H,4-5,7,10-12H2,1-3H3,(H,22,24). The Labute approximate surface area is 163 Å². The predicted octanol–water partition coefficient (Wildman–Crippen LogP) is 3.87. The van der Waals surface area contributed by atoms with Gasteiger partial charge >= 0.3 is 0 Å². The van der Waals surface area contributed by atoms with Gasteiger partial charge in [-0.15, -0.1) is 11.3 Å². The molecule has 0 bridgehead atoms. The highest BCUT2D eigenvalue weighted by Crippen LogP contribution is 2.42. The van der Waals surface area contributed by atoms with E-state index in [1.165, 1.54) is 0 Å². The minimum atomic E-state index is -0.102. The highest BCUT2D eigenvalue weighted by Gasteiger charge is 2.36. The minimum Gasteiger partial charge on any atom is -0.466 e. The number of carbonyl (C=O) groups is 2. The third-order valence-electron chi connectivity index (χ3n) is 5.50. The Morgan fingerprint density at radius 3 is 3.07 bits per heavy atom. The van der Waals surface area contributed by atoms with Gasteiger partial charge in [0.05, 0.1) is 18.2 Å². The second-order valence-electron chi connectivity index (χ2n) is 8.49. The lowest BCUT2D eigenvalue weighted by atomic mass is 9.74. The van der Waals surface area contributed by atoms with Crippen LogP contribution in [-0.2, 0) is 17.6 Å². The number of nitrogens with one attached hydrogen (secondary N) is 1. The van der Waals surface area contributed by atoms with Crippen molar-refractivity contribution in [2.24, 2.45) is 5.41 Å². The number of furan rings is 1. The van der Waals surface area contributed by atoms with Crippen molar-refractivity contribution in [2.45, 2.75) is 52.5 Å². The first-order valence-electron chi connectivity index (χ1n) is 9.57. The monoisotopic (exact) mass is 386 g/mol. The van der Waals surface area contributed by atoms with Crippen molar-refractivity contribution >= 4 is 23.2 Å². The summed E-state index contributed by atoms with van der Waals surface area (Å²) in [5.74, 6) is 1.73. The molecule has 5 nitrogen and oxygen atoms in total. The Morgan fingerprint density at radius 1 is 1.44 bits per heavy atom. The molecule has 1 unspecified atom stereocenters. The average Bonchev–Trinajstić information content (AvgIpc) is 3.15. The number of hydrogen-bond donors (Lipinski definition) is 1. The van der Waals surface area contributed by atoms with E-state index in [1.54, 1.807) is 16.2 Å². The van der Waals surface area contributed by atoms with Crippen LogP contribution in [0.5, 0.6) is 0 Å². The van der Waals surface area contributed by atoms with Gasteiger partial charge in [-0.05, 0) is 49.1 Å². The van der Waals surface area contributed by atoms with Crippen LogP contribution in [0.2, 0.25) is 0 Å². The third kappa shape index (κ3) is 3.68. The van der Waals surface area contributed by atoms with Crippen molar-refractivity contribution in [3.63, 3.8) is 0 Å². The normalized spacial score (nSPS) is 21.4. The fourth-order valence-electron chi connectivity index (χ4n) is 4.30. The van der Waals surface area contributed by atoms with Gasteiger partial charge in [-0.2, -0.15) is 0 Å². The number of hydrogen-bond acceptors (Lipinski definition) is 4. The lowest BCUT2D eigenvalue weighted by Gasteiger charge is -2.35. The van der Waals surface area contributed by atoms with Crippen LogP contribution in [0.4, 0.5) is 0 Å². The quantitative estimate of drug-likeness (QED) is 0.871. The highest BCUT2D eigenvalue weighted by molar-refractivity contribution is 7.10. The molecule has 1 atom stereocenters. The molecular weight excluding hydrogens is 360 g/mol. The van der Waals surface area contributed by atoms with Gasteiger partial charge in [0, 0.05) is 23.4 Å². The Bertz CT molecular complexity index is 880. The van der Waals surface area contributed by atoms with Crippen LogP contribution in [0, 0.1) is 12.3 Å². The molecular formula is C21H26N2O3S. The molecule has 144 valence electrons. The van der Waals surface area contributed by atoms with Gasteiger partial charge in [-0.25, -0.2) is 0 Å². The summed E-state index contributed by atoms with van der Waals surface area (Å²) < 4.78 is 5.85. The maximum absolute atomic E-state index is 12.8. The van der Waals surface area contributed by atoms with Crippen molar-refractivity contribution < 1.29 is 14.0 Å². The van der Waals surface area contributed by atoms with E-state index in [4.69, 9.17) is 4.42 Å². The van der Waals surface area contributed by atoms with E-state index < -0.39 is 0 Å². The van der Waals surface area contributed by atoms with E-state index in [-0.39, 0.29) is 29.8 Å². The fraction of sp³-hybridized carbons (Fsp3) is 0.524. The van der Waals surface area contributed by atoms with Crippen LogP contribution in [-0.4, -0.2) is 29.8 Å². The smallest absolute Gasteiger partial charge is 0.255 e. The van der Waals surface area contributed by atoms with Gasteiger partial charge < -0.3 is 14.6 Å². The number of fused-ring (bicyclic) bond motifs is 2. The second-order valence-corrected chi connectivity index (χ2v) is 9.49. The van der Waals surface area contributed by atoms with Gasteiger partial charge in [-0.3, -0.25) is 9.59 Å². The Kier molecular flexibility index (Phi) is 4.62. The van der Waals surface area contributed by atoms with Gasteiger partial charge in [0.25, 0.3) is 5.91 Å². The molecule has 2 amide bonds. The van der Waals surface area contributed by atoms with E-state index >= 15 is 0 Å². The van der Waals surface area contributed by atoms with Crippen LogP contribution in [0.15, 0.2) is 21.9 Å². The summed E-state index contributed by atoms with van der Waals surface area (Å²) in [5.41, 5.74) is 1.92. The highest BCUT2D eigenvalue weighted by atomic mass is 32.1. The Morgan fingerprint density at radius 2 is 2.26 bits per heavy atom. The summed E-state index contributed by atoms with van der Waals surface area (Å²) in [6.45, 7) is 7.07. The first-order valence-corrected chi connectivity index (χ1v) is 10.4. The molecule has 0 fully saturated rings. The Hall–Kier alpha value is -2.08. The predicted molar refractivity (Wildman–Crippen MR) is 105 cm³/mol. The molecule has 27 heavy (non-hydrogen) atoms. The van der Waals surface area contributed by atoms with Gasteiger partial charge in [0.15, 0.2) is 0 Å². The number of aryl methyl sites for hydroxylation is 2. The number of amides is 2. The van der Waals surface area contributed by atoms with E-state index in [0.717, 1.165) is 53.2 Å². The molecule has 1 aliphatic carbocycles. The number of thiophene rings is 1. The molecule has 2 aromatic rings. The molecule has 4 rings (SSSR count). The van der Waals surface area contributed by atoms with E-state index in [1.807, 2.05) is 24.4 Å². The minimum absolute atomic E-state index is 0.0253. The molecule has 0 radical (unpaired) electrons. The van der Waals surface area contributed by atoms with Crippen LogP contribution in [0.1, 0.15) is 65.1 Å². The molecule has 6 heteroatoms. The zero-order chi connectivity index (χ0) is 19.2. The molecule has 2 aromatic heterocycles. The van der Waals surface area contributed by atoms with Crippen LogP contribution in [0.3, 0.4) is 0 Å². The van der Waals surface area contributed by atoms with Gasteiger partial charge in [0.1, 0.15) is 11.5 Å². The largest absolute Gasteiger partial charge is 0.466 e. The molecule has 2 aliphatic rings. The van der Waals surface area contributed by atoms with Gasteiger partial charge in [-0.1, -0.05) is 13.8 Å². The number of nitrogens with zero attached hydrogens (tertiary/aromatic N) is 1. The van der Waals surface area contributed by atoms with Crippen molar-refractivity contribution in [1.82, 2.24) is 10.2 Å². The van der Waals surface area contributed by atoms with Crippen molar-refractivity contribution in [3.8, 4) is 0 Å². The first kappa shape index (κ1) is 18.3. The molecule has 1 N–H and O–H groups in total. The zero-order valence-electron chi connectivity index (χ0n) is 16.1. The topological polar surface area (TPSA) is 62.6 Å². The van der Waals surface area contributed by atoms with Crippen LogP contribution >= 0.6 is 11.3 Å². The maximum Gasteiger partial charge on any atom is 0.255 e.